The molecule has 0 atom stereocenters. The number of benzene rings is 1. The average molecular weight is 157 g/mol. The van der Waals surface area contributed by atoms with E-state index in [-0.39, 0.29) is 5.75 Å². The van der Waals surface area contributed by atoms with Gasteiger partial charge in [0.25, 0.3) is 0 Å². The second-order valence-corrected chi connectivity index (χ2v) is 3.15. The van der Waals surface area contributed by atoms with Crippen LogP contribution in [0.1, 0.15) is 11.1 Å². The van der Waals surface area contributed by atoms with E-state index in [1.807, 2.05) is 6.07 Å². The Bertz CT molecular complexity index is 476. The van der Waals surface area contributed by atoms with Crippen LogP contribution in [0.25, 0.3) is 10.9 Å². The van der Waals surface area contributed by atoms with Gasteiger partial charge in [-0.2, -0.15) is 0 Å². The van der Waals surface area contributed by atoms with Gasteiger partial charge in [0, 0.05) is 11.8 Å². The van der Waals surface area contributed by atoms with Crippen LogP contribution in [-0.4, -0.2) is 10.1 Å². The van der Waals surface area contributed by atoms with E-state index in [0.29, 0.717) is 0 Å². The lowest BCUT2D eigenvalue weighted by Gasteiger charge is -1.95. The Balaban J connectivity index is 2.48. The molecule has 0 saturated heterocycles. The van der Waals surface area contributed by atoms with Crippen LogP contribution < -0.4 is 0 Å². The summed E-state index contributed by atoms with van der Waals surface area (Å²) in [7, 11) is 0. The largest absolute Gasteiger partial charge is 0.506 e. The molecule has 2 heteroatoms. The maximum absolute atomic E-state index is 9.18. The highest BCUT2D eigenvalue weighted by Gasteiger charge is 2.20. The van der Waals surface area contributed by atoms with E-state index in [4.69, 9.17) is 0 Å². The van der Waals surface area contributed by atoms with Crippen molar-refractivity contribution in [3.63, 3.8) is 0 Å². The predicted octanol–water partition coefficient (Wildman–Crippen LogP) is 1.84. The minimum absolute atomic E-state index is 0.239. The van der Waals surface area contributed by atoms with Gasteiger partial charge in [-0.25, -0.2) is 0 Å². The second kappa shape index (κ2) is 1.78. The molecule has 0 amide bonds. The van der Waals surface area contributed by atoms with E-state index in [1.54, 1.807) is 6.07 Å². The third-order valence-corrected chi connectivity index (χ3v) is 2.28. The van der Waals surface area contributed by atoms with Crippen molar-refractivity contribution in [2.24, 2.45) is 0 Å². The minimum Gasteiger partial charge on any atom is -0.506 e. The average Bonchev–Trinajstić information content (AvgIpc) is 2.82. The van der Waals surface area contributed by atoms with Crippen LogP contribution in [0.15, 0.2) is 24.4 Å². The monoisotopic (exact) mass is 157 g/mol. The smallest absolute Gasteiger partial charge is 0.134 e. The van der Waals surface area contributed by atoms with Crippen LogP contribution in [0.2, 0.25) is 0 Å². The fourth-order valence-electron chi connectivity index (χ4n) is 1.58. The highest BCUT2D eigenvalue weighted by molar-refractivity contribution is 5.87. The minimum atomic E-state index is 0.239. The van der Waals surface area contributed by atoms with Gasteiger partial charge in [0.2, 0.25) is 0 Å². The van der Waals surface area contributed by atoms with Gasteiger partial charge in [-0.3, -0.25) is 4.98 Å². The molecule has 1 heterocycles. The van der Waals surface area contributed by atoms with Crippen LogP contribution in [-0.2, 0) is 6.42 Å². The molecule has 0 bridgehead atoms. The molecule has 0 radical (unpaired) electrons. The molecule has 1 aliphatic rings. The molecule has 0 aliphatic heterocycles. The highest BCUT2D eigenvalue weighted by Crippen LogP contribution is 2.34. The summed E-state index contributed by atoms with van der Waals surface area (Å²) < 4.78 is 0. The summed E-state index contributed by atoms with van der Waals surface area (Å²) in [6.45, 7) is 0. The number of nitrogens with zero attached hydrogens (tertiary/aromatic N) is 1. The lowest BCUT2D eigenvalue weighted by atomic mass is 10.2. The van der Waals surface area contributed by atoms with Crippen molar-refractivity contribution < 1.29 is 5.11 Å². The molecule has 58 valence electrons. The first kappa shape index (κ1) is 6.00. The summed E-state index contributed by atoms with van der Waals surface area (Å²) in [6.07, 6.45) is 2.57. The second-order valence-electron chi connectivity index (χ2n) is 3.15. The molecule has 0 saturated carbocycles. The Morgan fingerprint density at radius 3 is 3.17 bits per heavy atom. The third kappa shape index (κ3) is 0.666. The molecule has 1 aliphatic carbocycles. The Labute approximate surface area is 69.5 Å². The first-order valence-corrected chi connectivity index (χ1v) is 3.94. The first-order chi connectivity index (χ1) is 5.84. The molecule has 1 aromatic carbocycles. The van der Waals surface area contributed by atoms with Crippen molar-refractivity contribution in [3.05, 3.63) is 35.5 Å². The quantitative estimate of drug-likeness (QED) is 0.540. The van der Waals surface area contributed by atoms with E-state index in [1.165, 1.54) is 17.3 Å². The maximum atomic E-state index is 9.18. The Morgan fingerprint density at radius 2 is 2.25 bits per heavy atom. The van der Waals surface area contributed by atoms with E-state index < -0.39 is 0 Å². The Morgan fingerprint density at radius 1 is 1.33 bits per heavy atom. The normalized spacial score (nSPS) is 13.0. The molecule has 2 nitrogen and oxygen atoms in total. The number of hydrogen-bond acceptors (Lipinski definition) is 2. The molecule has 2 aromatic rings. The SMILES string of the molecule is Oc1cnc2c3c(ccc2c1)C3. The summed E-state index contributed by atoms with van der Waals surface area (Å²) in [4.78, 5) is 4.18. The maximum Gasteiger partial charge on any atom is 0.134 e. The lowest BCUT2D eigenvalue weighted by molar-refractivity contribution is 0.474. The summed E-state index contributed by atoms with van der Waals surface area (Å²) >= 11 is 0. The van der Waals surface area contributed by atoms with E-state index in [0.717, 1.165) is 17.3 Å². The molecule has 12 heavy (non-hydrogen) atoms. The van der Waals surface area contributed by atoms with Gasteiger partial charge in [0.1, 0.15) is 5.75 Å². The number of aromatic hydroxyl groups is 1. The Kier molecular flexibility index (Phi) is 0.888. The van der Waals surface area contributed by atoms with Crippen molar-refractivity contribution in [2.45, 2.75) is 6.42 Å². The van der Waals surface area contributed by atoms with Crippen LogP contribution in [0.4, 0.5) is 0 Å². The summed E-state index contributed by atoms with van der Waals surface area (Å²) in [5.41, 5.74) is 3.78. The number of fused-ring (bicyclic) bond motifs is 3. The molecule has 0 fully saturated rings. The van der Waals surface area contributed by atoms with Gasteiger partial charge in [-0.15, -0.1) is 0 Å². The fourth-order valence-corrected chi connectivity index (χ4v) is 1.58. The third-order valence-electron chi connectivity index (χ3n) is 2.28. The number of rotatable bonds is 0. The van der Waals surface area contributed by atoms with Crippen molar-refractivity contribution in [1.29, 1.82) is 0 Å². The molecule has 1 N–H and O–H groups in total. The topological polar surface area (TPSA) is 33.1 Å². The van der Waals surface area contributed by atoms with Gasteiger partial charge in [0.15, 0.2) is 0 Å². The van der Waals surface area contributed by atoms with Crippen LogP contribution >= 0.6 is 0 Å². The van der Waals surface area contributed by atoms with Gasteiger partial charge in [-0.1, -0.05) is 12.1 Å². The standard InChI is InChI=1S/C10H7NO/c12-8-3-7-2-1-6-4-9(6)10(7)11-5-8/h1-3,5,12H,4H2. The van der Waals surface area contributed by atoms with Crippen LogP contribution in [0.5, 0.6) is 5.75 Å². The lowest BCUT2D eigenvalue weighted by Crippen LogP contribution is -1.76. The summed E-state index contributed by atoms with van der Waals surface area (Å²) in [5, 5.41) is 10.2. The van der Waals surface area contributed by atoms with Crippen molar-refractivity contribution in [3.8, 4) is 5.75 Å². The summed E-state index contributed by atoms with van der Waals surface area (Å²) in [6, 6.07) is 5.85. The molecular weight excluding hydrogens is 150 g/mol. The van der Waals surface area contributed by atoms with Crippen molar-refractivity contribution >= 4 is 10.9 Å². The summed E-state index contributed by atoms with van der Waals surface area (Å²) in [5.74, 6) is 0.239. The molecular formula is C10H7NO. The zero-order chi connectivity index (χ0) is 8.13. The van der Waals surface area contributed by atoms with Crippen molar-refractivity contribution in [2.75, 3.05) is 0 Å². The van der Waals surface area contributed by atoms with E-state index in [2.05, 4.69) is 11.1 Å². The van der Waals surface area contributed by atoms with E-state index >= 15 is 0 Å². The van der Waals surface area contributed by atoms with Gasteiger partial charge < -0.3 is 5.11 Å². The molecule has 0 spiro atoms. The van der Waals surface area contributed by atoms with Crippen LogP contribution in [0.3, 0.4) is 0 Å². The highest BCUT2D eigenvalue weighted by atomic mass is 16.3. The molecule has 3 rings (SSSR count). The van der Waals surface area contributed by atoms with Crippen LogP contribution in [0, 0.1) is 0 Å². The molecule has 0 unspecified atom stereocenters. The zero-order valence-corrected chi connectivity index (χ0v) is 6.41. The van der Waals surface area contributed by atoms with Crippen molar-refractivity contribution in [1.82, 2.24) is 4.98 Å². The zero-order valence-electron chi connectivity index (χ0n) is 6.41. The van der Waals surface area contributed by atoms with Gasteiger partial charge in [-0.05, 0) is 17.2 Å². The first-order valence-electron chi connectivity index (χ1n) is 3.94. The van der Waals surface area contributed by atoms with E-state index in [9.17, 15) is 5.11 Å². The fraction of sp³-hybridized carbons (Fsp3) is 0.100. The number of aromatic nitrogens is 1. The molecule has 1 aromatic heterocycles. The number of hydrogen-bond donors (Lipinski definition) is 1. The van der Waals surface area contributed by atoms with Gasteiger partial charge in [0.05, 0.1) is 11.7 Å². The number of pyridine rings is 1. The van der Waals surface area contributed by atoms with Gasteiger partial charge >= 0.3 is 0 Å². The predicted molar refractivity (Wildman–Crippen MR) is 46.2 cm³/mol. The Hall–Kier alpha value is -1.57.